The van der Waals surface area contributed by atoms with Crippen LogP contribution in [0.5, 0.6) is 5.75 Å². The standard InChI is InChI=1S/C20H25N3O2/c1-12-5-6-13(2)17(9-12)22-20(24)15(4)23-11-14(3)25-19-10-16(21)7-8-18(19)23/h5-10,14-15H,11,21H2,1-4H3,(H,22,24). The zero-order valence-electron chi connectivity index (χ0n) is 15.2. The van der Waals surface area contributed by atoms with Crippen LogP contribution < -0.4 is 20.7 Å². The third-order valence-electron chi connectivity index (χ3n) is 4.57. The number of nitrogens with zero attached hydrogens (tertiary/aromatic N) is 1. The molecular formula is C20H25N3O2. The zero-order chi connectivity index (χ0) is 18.1. The van der Waals surface area contributed by atoms with E-state index in [1.807, 2.05) is 64.1 Å². The van der Waals surface area contributed by atoms with Gasteiger partial charge in [-0.2, -0.15) is 0 Å². The van der Waals surface area contributed by atoms with E-state index < -0.39 is 0 Å². The van der Waals surface area contributed by atoms with E-state index in [4.69, 9.17) is 10.5 Å². The molecule has 1 amide bonds. The summed E-state index contributed by atoms with van der Waals surface area (Å²) in [5, 5.41) is 3.06. The summed E-state index contributed by atoms with van der Waals surface area (Å²) in [7, 11) is 0. The molecular weight excluding hydrogens is 314 g/mol. The van der Waals surface area contributed by atoms with Gasteiger partial charge in [-0.15, -0.1) is 0 Å². The van der Waals surface area contributed by atoms with E-state index >= 15 is 0 Å². The number of hydrogen-bond donors (Lipinski definition) is 2. The molecule has 3 rings (SSSR count). The fourth-order valence-electron chi connectivity index (χ4n) is 3.11. The number of nitrogens with two attached hydrogens (primary N) is 1. The molecule has 1 aliphatic rings. The van der Waals surface area contributed by atoms with E-state index in [1.54, 1.807) is 0 Å². The van der Waals surface area contributed by atoms with Crippen molar-refractivity contribution in [2.24, 2.45) is 0 Å². The molecule has 2 aromatic carbocycles. The van der Waals surface area contributed by atoms with Crippen molar-refractivity contribution in [1.82, 2.24) is 0 Å². The third kappa shape index (κ3) is 3.55. The third-order valence-corrected chi connectivity index (χ3v) is 4.57. The summed E-state index contributed by atoms with van der Waals surface area (Å²) >= 11 is 0. The van der Waals surface area contributed by atoms with E-state index in [2.05, 4.69) is 10.2 Å². The van der Waals surface area contributed by atoms with Crippen LogP contribution in [0.4, 0.5) is 17.1 Å². The minimum Gasteiger partial charge on any atom is -0.487 e. The molecule has 0 fully saturated rings. The van der Waals surface area contributed by atoms with Gasteiger partial charge in [0.15, 0.2) is 0 Å². The first-order valence-corrected chi connectivity index (χ1v) is 8.56. The Morgan fingerprint density at radius 1 is 1.28 bits per heavy atom. The van der Waals surface area contributed by atoms with Crippen molar-refractivity contribution in [3.63, 3.8) is 0 Å². The second-order valence-electron chi connectivity index (χ2n) is 6.79. The number of nitrogen functional groups attached to an aromatic ring is 1. The van der Waals surface area contributed by atoms with Crippen LogP contribution in [0.2, 0.25) is 0 Å². The van der Waals surface area contributed by atoms with Crippen LogP contribution in [0.25, 0.3) is 0 Å². The van der Waals surface area contributed by atoms with Crippen molar-refractivity contribution in [3.05, 3.63) is 47.5 Å². The summed E-state index contributed by atoms with van der Waals surface area (Å²) in [5.74, 6) is 0.690. The van der Waals surface area contributed by atoms with Crippen LogP contribution in [0.15, 0.2) is 36.4 Å². The highest BCUT2D eigenvalue weighted by molar-refractivity contribution is 5.97. The lowest BCUT2D eigenvalue weighted by atomic mass is 10.1. The maximum absolute atomic E-state index is 12.8. The topological polar surface area (TPSA) is 67.6 Å². The van der Waals surface area contributed by atoms with E-state index in [0.717, 1.165) is 28.3 Å². The quantitative estimate of drug-likeness (QED) is 0.840. The molecule has 2 unspecified atom stereocenters. The molecule has 1 aliphatic heterocycles. The van der Waals surface area contributed by atoms with Gasteiger partial charge in [0.2, 0.25) is 5.91 Å². The first-order valence-electron chi connectivity index (χ1n) is 8.56. The number of carbonyl (C=O) groups is 1. The van der Waals surface area contributed by atoms with Crippen LogP contribution in [0.1, 0.15) is 25.0 Å². The molecule has 0 bridgehead atoms. The van der Waals surface area contributed by atoms with Crippen molar-refractivity contribution < 1.29 is 9.53 Å². The van der Waals surface area contributed by atoms with E-state index in [-0.39, 0.29) is 18.1 Å². The molecule has 1 heterocycles. The molecule has 2 aromatic rings. The number of nitrogens with one attached hydrogen (secondary N) is 1. The number of aryl methyl sites for hydroxylation is 2. The molecule has 0 saturated heterocycles. The molecule has 0 aromatic heterocycles. The maximum Gasteiger partial charge on any atom is 0.246 e. The number of hydrogen-bond acceptors (Lipinski definition) is 4. The highest BCUT2D eigenvalue weighted by Gasteiger charge is 2.30. The molecule has 3 N–H and O–H groups in total. The van der Waals surface area contributed by atoms with Crippen molar-refractivity contribution in [1.29, 1.82) is 0 Å². The Balaban J connectivity index is 1.84. The van der Waals surface area contributed by atoms with Gasteiger partial charge in [0.25, 0.3) is 0 Å². The fourth-order valence-corrected chi connectivity index (χ4v) is 3.11. The average molecular weight is 339 g/mol. The van der Waals surface area contributed by atoms with Gasteiger partial charge in [-0.25, -0.2) is 0 Å². The molecule has 0 radical (unpaired) electrons. The Bertz CT molecular complexity index is 804. The molecule has 0 aliphatic carbocycles. The monoisotopic (exact) mass is 339 g/mol. The van der Waals surface area contributed by atoms with Gasteiger partial charge in [-0.05, 0) is 57.0 Å². The van der Waals surface area contributed by atoms with Gasteiger partial charge in [0.05, 0.1) is 12.2 Å². The predicted octanol–water partition coefficient (Wildman–Crippen LogP) is 3.50. The highest BCUT2D eigenvalue weighted by Crippen LogP contribution is 2.36. The Hall–Kier alpha value is -2.69. The molecule has 5 heteroatoms. The van der Waals surface area contributed by atoms with Crippen LogP contribution in [-0.2, 0) is 4.79 Å². The molecule has 132 valence electrons. The maximum atomic E-state index is 12.8. The minimum absolute atomic E-state index is 0.00902. The lowest BCUT2D eigenvalue weighted by Gasteiger charge is -2.38. The van der Waals surface area contributed by atoms with Gasteiger partial charge in [0.1, 0.15) is 17.9 Å². The smallest absolute Gasteiger partial charge is 0.246 e. The van der Waals surface area contributed by atoms with E-state index in [9.17, 15) is 4.79 Å². The van der Waals surface area contributed by atoms with Crippen molar-refractivity contribution >= 4 is 23.0 Å². The summed E-state index contributed by atoms with van der Waals surface area (Å²) in [6.07, 6.45) is -0.00902. The van der Waals surface area contributed by atoms with E-state index in [1.165, 1.54) is 0 Å². The number of rotatable bonds is 3. The van der Waals surface area contributed by atoms with Crippen LogP contribution >= 0.6 is 0 Å². The molecule has 25 heavy (non-hydrogen) atoms. The molecule has 0 saturated carbocycles. The Labute approximate surface area is 148 Å². The lowest BCUT2D eigenvalue weighted by molar-refractivity contribution is -0.117. The summed E-state index contributed by atoms with van der Waals surface area (Å²) in [4.78, 5) is 14.9. The number of anilines is 3. The van der Waals surface area contributed by atoms with Crippen LogP contribution in [0.3, 0.4) is 0 Å². The van der Waals surface area contributed by atoms with Gasteiger partial charge in [0, 0.05) is 17.4 Å². The fraction of sp³-hybridized carbons (Fsp3) is 0.350. The first-order chi connectivity index (χ1) is 11.8. The Kier molecular flexibility index (Phi) is 4.57. The van der Waals surface area contributed by atoms with Gasteiger partial charge in [-0.1, -0.05) is 12.1 Å². The largest absolute Gasteiger partial charge is 0.487 e. The molecule has 2 atom stereocenters. The number of carbonyl (C=O) groups excluding carboxylic acids is 1. The van der Waals surface area contributed by atoms with Crippen molar-refractivity contribution in [2.45, 2.75) is 39.8 Å². The normalized spacial score (nSPS) is 17.4. The summed E-state index contributed by atoms with van der Waals surface area (Å²) < 4.78 is 5.87. The molecule has 0 spiro atoms. The zero-order valence-corrected chi connectivity index (χ0v) is 15.2. The predicted molar refractivity (Wildman–Crippen MR) is 102 cm³/mol. The number of ether oxygens (including phenoxy) is 1. The van der Waals surface area contributed by atoms with Gasteiger partial charge in [-0.3, -0.25) is 4.79 Å². The minimum atomic E-state index is -0.325. The van der Waals surface area contributed by atoms with Crippen molar-refractivity contribution in [2.75, 3.05) is 22.5 Å². The SMILES string of the molecule is Cc1ccc(C)c(NC(=O)C(C)N2CC(C)Oc3cc(N)ccc32)c1. The first kappa shape index (κ1) is 17.1. The van der Waals surface area contributed by atoms with Gasteiger partial charge < -0.3 is 20.7 Å². The number of benzene rings is 2. The second-order valence-corrected chi connectivity index (χ2v) is 6.79. The highest BCUT2D eigenvalue weighted by atomic mass is 16.5. The summed E-state index contributed by atoms with van der Waals surface area (Å²) in [5.41, 5.74) is 10.4. The lowest BCUT2D eigenvalue weighted by Crippen LogP contribution is -2.48. The Morgan fingerprint density at radius 2 is 2.04 bits per heavy atom. The van der Waals surface area contributed by atoms with E-state index in [0.29, 0.717) is 12.2 Å². The number of amides is 1. The number of fused-ring (bicyclic) bond motifs is 1. The average Bonchev–Trinajstić information content (AvgIpc) is 2.56. The molecule has 5 nitrogen and oxygen atoms in total. The summed E-state index contributed by atoms with van der Waals surface area (Å²) in [6, 6.07) is 11.3. The van der Waals surface area contributed by atoms with Crippen LogP contribution in [-0.4, -0.2) is 24.6 Å². The summed E-state index contributed by atoms with van der Waals surface area (Å²) in [6.45, 7) is 8.57. The van der Waals surface area contributed by atoms with Crippen molar-refractivity contribution in [3.8, 4) is 5.75 Å². The second kappa shape index (κ2) is 6.67. The van der Waals surface area contributed by atoms with Crippen LogP contribution in [0, 0.1) is 13.8 Å². The van der Waals surface area contributed by atoms with Gasteiger partial charge >= 0.3 is 0 Å². The Morgan fingerprint density at radius 3 is 2.80 bits per heavy atom.